The van der Waals surface area contributed by atoms with Crippen molar-refractivity contribution in [2.45, 2.75) is 6.42 Å². The second-order valence-electron chi connectivity index (χ2n) is 6.70. The summed E-state index contributed by atoms with van der Waals surface area (Å²) in [7, 11) is 0. The van der Waals surface area contributed by atoms with Crippen LogP contribution in [0.15, 0.2) is 73.6 Å². The molecular weight excluding hydrogens is 463 g/mol. The van der Waals surface area contributed by atoms with Gasteiger partial charge in [-0.3, -0.25) is 4.90 Å². The van der Waals surface area contributed by atoms with Crippen molar-refractivity contribution < 1.29 is 3.07 Å². The molecule has 5 nitrogen and oxygen atoms in total. The summed E-state index contributed by atoms with van der Waals surface area (Å²) < 4.78 is 5.17. The number of aromatic nitrogens is 2. The van der Waals surface area contributed by atoms with Gasteiger partial charge >= 0.3 is 0 Å². The molecule has 0 bridgehead atoms. The van der Waals surface area contributed by atoms with Crippen LogP contribution in [-0.2, 0) is 0 Å². The van der Waals surface area contributed by atoms with E-state index in [1.165, 1.54) is 0 Å². The van der Waals surface area contributed by atoms with Gasteiger partial charge < -0.3 is 7.97 Å². The van der Waals surface area contributed by atoms with Crippen LogP contribution in [0.25, 0.3) is 11.4 Å². The van der Waals surface area contributed by atoms with Crippen LogP contribution in [0.2, 0.25) is 0 Å². The topological polar surface area (TPSA) is 41.5 Å². The van der Waals surface area contributed by atoms with Crippen molar-refractivity contribution in [3.63, 3.8) is 0 Å². The monoisotopic (exact) mass is 488 g/mol. The van der Waals surface area contributed by atoms with Crippen molar-refractivity contribution in [1.82, 2.24) is 14.9 Å². The van der Waals surface area contributed by atoms with E-state index < -0.39 is 0 Å². The largest absolute Gasteiger partial charge is 0.428 e. The first-order chi connectivity index (χ1) is 13.7. The Labute approximate surface area is 181 Å². The van der Waals surface area contributed by atoms with Gasteiger partial charge in [-0.2, -0.15) is 0 Å². The van der Waals surface area contributed by atoms with E-state index in [0.29, 0.717) is 0 Å². The fourth-order valence-electron chi connectivity index (χ4n) is 3.11. The minimum Gasteiger partial charge on any atom is -0.428 e. The van der Waals surface area contributed by atoms with Crippen LogP contribution < -0.4 is 7.97 Å². The van der Waals surface area contributed by atoms with E-state index >= 15 is 0 Å². The summed E-state index contributed by atoms with van der Waals surface area (Å²) in [5, 5.41) is 0. The molecule has 2 aromatic rings. The Morgan fingerprint density at radius 3 is 2.39 bits per heavy atom. The third-order valence-electron chi connectivity index (χ3n) is 4.79. The number of halogens is 1. The maximum atomic E-state index is 5.17. The van der Waals surface area contributed by atoms with Gasteiger partial charge in [0.05, 0.1) is 18.1 Å². The molecule has 3 rings (SSSR count). The number of allylic oxidation sites excluding steroid dienone is 3. The Morgan fingerprint density at radius 2 is 1.79 bits per heavy atom. The Hall–Kier alpha value is -2.19. The van der Waals surface area contributed by atoms with Gasteiger partial charge in [-0.25, -0.2) is 9.97 Å². The first-order valence-electron chi connectivity index (χ1n) is 9.35. The van der Waals surface area contributed by atoms with Crippen LogP contribution in [0.5, 0.6) is 5.75 Å². The van der Waals surface area contributed by atoms with E-state index in [0.717, 1.165) is 67.5 Å². The Morgan fingerprint density at radius 1 is 1.11 bits per heavy atom. The lowest BCUT2D eigenvalue weighted by atomic mass is 10.2. The molecule has 28 heavy (non-hydrogen) atoms. The summed E-state index contributed by atoms with van der Waals surface area (Å²) in [5.74, 6) is 1.55. The molecule has 0 atom stereocenters. The van der Waals surface area contributed by atoms with E-state index in [1.807, 2.05) is 71.8 Å². The Kier molecular flexibility index (Phi) is 7.62. The molecule has 0 N–H and O–H groups in total. The zero-order valence-electron chi connectivity index (χ0n) is 15.9. The molecule has 2 heterocycles. The van der Waals surface area contributed by atoms with Gasteiger partial charge in [0.25, 0.3) is 0 Å². The number of rotatable bonds is 8. The number of anilines is 1. The standard InChI is InChI=1S/C22H25IN4O/c1-3-4-5-18(2)10-11-26-12-14-27(15-13-26)20-16-24-22(25-17-20)19-6-8-21(28-23)9-7-19/h3-9,16-17H,1-2,10-15H2/b5-4-. The molecule has 0 spiro atoms. The summed E-state index contributed by atoms with van der Waals surface area (Å²) in [6.07, 6.45) is 10.6. The molecule has 1 saturated heterocycles. The average molecular weight is 488 g/mol. The van der Waals surface area contributed by atoms with Gasteiger partial charge in [0, 0.05) is 38.3 Å². The highest BCUT2D eigenvalue weighted by Gasteiger charge is 2.17. The van der Waals surface area contributed by atoms with E-state index in [2.05, 4.69) is 32.9 Å². The van der Waals surface area contributed by atoms with Crippen molar-refractivity contribution in [2.75, 3.05) is 37.6 Å². The van der Waals surface area contributed by atoms with Crippen LogP contribution in [0.4, 0.5) is 5.69 Å². The quantitative estimate of drug-likeness (QED) is 0.399. The molecule has 1 aliphatic heterocycles. The summed E-state index contributed by atoms with van der Waals surface area (Å²) in [5.41, 5.74) is 3.21. The van der Waals surface area contributed by atoms with Gasteiger partial charge in [-0.05, 0) is 30.7 Å². The summed E-state index contributed by atoms with van der Waals surface area (Å²) >= 11 is 1.87. The van der Waals surface area contributed by atoms with Crippen molar-refractivity contribution in [1.29, 1.82) is 0 Å². The molecule has 146 valence electrons. The number of hydrogen-bond acceptors (Lipinski definition) is 5. The fraction of sp³-hybridized carbons (Fsp3) is 0.273. The van der Waals surface area contributed by atoms with Crippen molar-refractivity contribution >= 4 is 28.7 Å². The molecule has 1 aromatic carbocycles. The van der Waals surface area contributed by atoms with Crippen molar-refractivity contribution in [3.05, 3.63) is 73.6 Å². The molecule has 0 radical (unpaired) electrons. The lowest BCUT2D eigenvalue weighted by Gasteiger charge is -2.35. The smallest absolute Gasteiger partial charge is 0.192 e. The molecular formula is C22H25IN4O. The summed E-state index contributed by atoms with van der Waals surface area (Å²) in [6.45, 7) is 12.9. The number of hydrogen-bond donors (Lipinski definition) is 0. The predicted octanol–water partition coefficient (Wildman–Crippen LogP) is 4.68. The van der Waals surface area contributed by atoms with Crippen LogP contribution in [0.3, 0.4) is 0 Å². The highest BCUT2D eigenvalue weighted by molar-refractivity contribution is 14.1. The van der Waals surface area contributed by atoms with E-state index in [-0.39, 0.29) is 0 Å². The third-order valence-corrected chi connectivity index (χ3v) is 5.30. The molecule has 1 fully saturated rings. The molecule has 1 aliphatic rings. The van der Waals surface area contributed by atoms with Crippen molar-refractivity contribution in [2.24, 2.45) is 0 Å². The molecule has 6 heteroatoms. The van der Waals surface area contributed by atoms with Gasteiger partial charge in [-0.15, -0.1) is 0 Å². The first-order valence-corrected chi connectivity index (χ1v) is 10.2. The zero-order valence-corrected chi connectivity index (χ0v) is 18.1. The predicted molar refractivity (Wildman–Crippen MR) is 124 cm³/mol. The number of benzene rings is 1. The van der Waals surface area contributed by atoms with Gasteiger partial charge in [0.1, 0.15) is 5.75 Å². The maximum absolute atomic E-state index is 5.17. The molecule has 0 amide bonds. The van der Waals surface area contributed by atoms with Crippen molar-refractivity contribution in [3.8, 4) is 17.1 Å². The van der Waals surface area contributed by atoms with Crippen LogP contribution in [0.1, 0.15) is 6.42 Å². The highest BCUT2D eigenvalue weighted by Crippen LogP contribution is 2.22. The van der Waals surface area contributed by atoms with E-state index in [4.69, 9.17) is 3.07 Å². The average Bonchev–Trinajstić information content (AvgIpc) is 2.77. The third kappa shape index (κ3) is 5.65. The van der Waals surface area contributed by atoms with E-state index in [1.54, 1.807) is 6.08 Å². The number of nitrogens with zero attached hydrogens (tertiary/aromatic N) is 4. The molecule has 0 saturated carbocycles. The van der Waals surface area contributed by atoms with Crippen LogP contribution in [0, 0.1) is 0 Å². The Bertz CT molecular complexity index is 809. The van der Waals surface area contributed by atoms with Gasteiger partial charge in [0.2, 0.25) is 0 Å². The van der Waals surface area contributed by atoms with Crippen LogP contribution >= 0.6 is 23.0 Å². The van der Waals surface area contributed by atoms with Gasteiger partial charge in [0.15, 0.2) is 28.8 Å². The molecule has 0 unspecified atom stereocenters. The molecule has 0 aliphatic carbocycles. The lowest BCUT2D eigenvalue weighted by molar-refractivity contribution is 0.261. The van der Waals surface area contributed by atoms with E-state index in [9.17, 15) is 0 Å². The van der Waals surface area contributed by atoms with Crippen LogP contribution in [-0.4, -0.2) is 47.6 Å². The minimum absolute atomic E-state index is 0.730. The normalized spacial score (nSPS) is 15.0. The second kappa shape index (κ2) is 10.4. The first kappa shape index (κ1) is 20.5. The summed E-state index contributed by atoms with van der Waals surface area (Å²) in [6, 6.07) is 7.78. The maximum Gasteiger partial charge on any atom is 0.192 e. The second-order valence-corrected chi connectivity index (χ2v) is 7.14. The SMILES string of the molecule is C=C/C=C\C(=C)CCN1CCN(c2cnc(-c3ccc(OI)cc3)nc2)CC1. The highest BCUT2D eigenvalue weighted by atomic mass is 127. The number of piperazine rings is 1. The minimum atomic E-state index is 0.730. The lowest BCUT2D eigenvalue weighted by Crippen LogP contribution is -2.46. The molecule has 1 aromatic heterocycles. The van der Waals surface area contributed by atoms with Gasteiger partial charge in [-0.1, -0.05) is 37.0 Å². The Balaban J connectivity index is 1.51. The summed E-state index contributed by atoms with van der Waals surface area (Å²) in [4.78, 5) is 13.9. The fourth-order valence-corrected chi connectivity index (χ4v) is 3.40. The zero-order chi connectivity index (χ0) is 19.8.